The number of amides is 3. The zero-order valence-electron chi connectivity index (χ0n) is 22.8. The first-order valence-corrected chi connectivity index (χ1v) is 13.3. The molecule has 10 nitrogen and oxygen atoms in total. The van der Waals surface area contributed by atoms with Crippen LogP contribution in [0.4, 0.5) is 31.1 Å². The van der Waals surface area contributed by atoms with E-state index in [1.54, 1.807) is 18.2 Å². The van der Waals surface area contributed by atoms with Crippen LogP contribution in [0.3, 0.4) is 0 Å². The minimum absolute atomic E-state index is 0.0224. The molecular formula is C26H29F6N7O3. The van der Waals surface area contributed by atoms with E-state index < -0.39 is 61.2 Å². The first kappa shape index (κ1) is 29.7. The van der Waals surface area contributed by atoms with E-state index in [1.807, 2.05) is 5.32 Å². The Labute approximate surface area is 235 Å². The number of aromatic amines is 1. The molecule has 5 atom stereocenters. The van der Waals surface area contributed by atoms with Gasteiger partial charge in [-0.1, -0.05) is 6.07 Å². The van der Waals surface area contributed by atoms with Crippen molar-refractivity contribution in [3.05, 3.63) is 47.5 Å². The standard InChI is InChI=1S/C26H29F6N7O3/c1-12(42-13(2)25(27,28)29)20(37-23(40)18-8-9-33-38(18)3)22-34-16-7-6-15(10-17(16)35-22)21(14-4-5-14)39-11-19(26(30,31)32)36-24(39)41/h6-10,12-14,19-21H,4-5,11H2,1-3H3,(H,34,35)(H,36,41)(H,37,40)/t12-,13+,19+,20+,21-/m1/s1. The third kappa shape index (κ3) is 6.03. The number of hydrogen-bond acceptors (Lipinski definition) is 5. The van der Waals surface area contributed by atoms with E-state index in [0.29, 0.717) is 16.6 Å². The van der Waals surface area contributed by atoms with E-state index >= 15 is 0 Å². The number of nitrogens with one attached hydrogen (secondary N) is 3. The highest BCUT2D eigenvalue weighted by Crippen LogP contribution is 2.46. The highest BCUT2D eigenvalue weighted by Gasteiger charge is 2.51. The van der Waals surface area contributed by atoms with Crippen molar-refractivity contribution >= 4 is 23.0 Å². The third-order valence-electron chi connectivity index (χ3n) is 7.59. The van der Waals surface area contributed by atoms with Gasteiger partial charge in [0, 0.05) is 13.2 Å². The average Bonchev–Trinajstić information content (AvgIpc) is 3.28. The lowest BCUT2D eigenvalue weighted by Gasteiger charge is -2.28. The van der Waals surface area contributed by atoms with Crippen molar-refractivity contribution in [2.24, 2.45) is 13.0 Å². The van der Waals surface area contributed by atoms with Gasteiger partial charge in [-0.05, 0) is 56.4 Å². The van der Waals surface area contributed by atoms with Crippen molar-refractivity contribution < 1.29 is 40.7 Å². The molecule has 228 valence electrons. The summed E-state index contributed by atoms with van der Waals surface area (Å²) in [6.07, 6.45) is -9.67. The van der Waals surface area contributed by atoms with Gasteiger partial charge in [0.2, 0.25) is 0 Å². The van der Waals surface area contributed by atoms with Gasteiger partial charge in [-0.15, -0.1) is 0 Å². The van der Waals surface area contributed by atoms with Gasteiger partial charge in [0.25, 0.3) is 5.91 Å². The van der Waals surface area contributed by atoms with Gasteiger partial charge in [-0.25, -0.2) is 9.78 Å². The number of aromatic nitrogens is 4. The maximum absolute atomic E-state index is 13.3. The second-order valence-corrected chi connectivity index (χ2v) is 10.7. The minimum atomic E-state index is -4.64. The van der Waals surface area contributed by atoms with Crippen LogP contribution in [0, 0.1) is 5.92 Å². The van der Waals surface area contributed by atoms with Crippen LogP contribution in [0.25, 0.3) is 11.0 Å². The number of nitrogens with zero attached hydrogens (tertiary/aromatic N) is 4. The zero-order chi connectivity index (χ0) is 30.6. The predicted octanol–water partition coefficient (Wildman–Crippen LogP) is 4.53. The monoisotopic (exact) mass is 601 g/mol. The molecule has 1 aromatic carbocycles. The number of rotatable bonds is 9. The number of alkyl halides is 6. The van der Waals surface area contributed by atoms with Crippen LogP contribution >= 0.6 is 0 Å². The minimum Gasteiger partial charge on any atom is -0.364 e. The fourth-order valence-electron chi connectivity index (χ4n) is 5.18. The molecule has 1 aliphatic carbocycles. The first-order valence-electron chi connectivity index (χ1n) is 13.3. The Balaban J connectivity index is 1.46. The quantitative estimate of drug-likeness (QED) is 0.312. The maximum atomic E-state index is 13.3. The summed E-state index contributed by atoms with van der Waals surface area (Å²) in [7, 11) is 1.53. The fourth-order valence-corrected chi connectivity index (χ4v) is 5.18. The average molecular weight is 602 g/mol. The van der Waals surface area contributed by atoms with Gasteiger partial charge in [-0.2, -0.15) is 31.4 Å². The molecule has 0 spiro atoms. The van der Waals surface area contributed by atoms with Crippen LogP contribution in [0.15, 0.2) is 30.5 Å². The lowest BCUT2D eigenvalue weighted by atomic mass is 10.00. The van der Waals surface area contributed by atoms with Crippen LogP contribution in [-0.4, -0.2) is 73.7 Å². The summed E-state index contributed by atoms with van der Waals surface area (Å²) in [6.45, 7) is 1.71. The van der Waals surface area contributed by atoms with E-state index in [0.717, 1.165) is 19.8 Å². The summed E-state index contributed by atoms with van der Waals surface area (Å²) in [5, 5.41) is 8.62. The number of carbonyl (C=O) groups excluding carboxylic acids is 2. The molecule has 0 radical (unpaired) electrons. The number of ether oxygens (including phenoxy) is 1. The van der Waals surface area contributed by atoms with Gasteiger partial charge in [0.1, 0.15) is 23.6 Å². The molecule has 5 rings (SSSR count). The summed E-state index contributed by atoms with van der Waals surface area (Å²) < 4.78 is 86.3. The Kier molecular flexibility index (Phi) is 7.62. The van der Waals surface area contributed by atoms with Crippen molar-refractivity contribution in [1.29, 1.82) is 0 Å². The largest absolute Gasteiger partial charge is 0.414 e. The molecular weight excluding hydrogens is 572 g/mol. The second kappa shape index (κ2) is 10.8. The maximum Gasteiger partial charge on any atom is 0.414 e. The van der Waals surface area contributed by atoms with Gasteiger partial charge >= 0.3 is 18.4 Å². The lowest BCUT2D eigenvalue weighted by molar-refractivity contribution is -0.227. The highest BCUT2D eigenvalue weighted by molar-refractivity contribution is 5.92. The van der Waals surface area contributed by atoms with Gasteiger partial charge < -0.3 is 25.3 Å². The predicted molar refractivity (Wildman–Crippen MR) is 136 cm³/mol. The van der Waals surface area contributed by atoms with Crippen LogP contribution in [0.1, 0.15) is 60.6 Å². The molecule has 2 aliphatic rings. The molecule has 0 unspecified atom stereocenters. The van der Waals surface area contributed by atoms with Crippen molar-refractivity contribution in [1.82, 2.24) is 35.3 Å². The number of hydrogen-bond donors (Lipinski definition) is 3. The Morgan fingerprint density at radius 1 is 1.14 bits per heavy atom. The molecule has 3 N–H and O–H groups in total. The van der Waals surface area contributed by atoms with Crippen LogP contribution < -0.4 is 10.6 Å². The molecule has 3 aromatic rings. The molecule has 16 heteroatoms. The lowest BCUT2D eigenvalue weighted by Crippen LogP contribution is -2.41. The first-order chi connectivity index (χ1) is 19.6. The van der Waals surface area contributed by atoms with E-state index in [1.165, 1.54) is 35.8 Å². The summed E-state index contributed by atoms with van der Waals surface area (Å²) in [5.74, 6) is -0.534. The molecule has 1 saturated carbocycles. The SMILES string of the molecule is C[C@H](O[C@H](C)[C@H](NC(=O)c1ccnn1C)c1nc2ccc([C@@H](C3CC3)N3C[C@@H](C(F)(F)F)NC3=O)cc2[nH]1)C(F)(F)F. The molecule has 2 fully saturated rings. The molecule has 42 heavy (non-hydrogen) atoms. The highest BCUT2D eigenvalue weighted by atomic mass is 19.4. The number of benzene rings is 1. The molecule has 3 amide bonds. The number of carbonyl (C=O) groups is 2. The third-order valence-corrected chi connectivity index (χ3v) is 7.59. The number of aryl methyl sites for hydroxylation is 1. The van der Waals surface area contributed by atoms with Crippen molar-refractivity contribution in [3.8, 4) is 0 Å². The normalized spacial score (nSPS) is 20.8. The zero-order valence-corrected chi connectivity index (χ0v) is 22.8. The molecule has 3 heterocycles. The van der Waals surface area contributed by atoms with E-state index in [-0.39, 0.29) is 17.4 Å². The Morgan fingerprint density at radius 3 is 2.43 bits per heavy atom. The Hall–Kier alpha value is -3.82. The van der Waals surface area contributed by atoms with Crippen molar-refractivity contribution in [3.63, 3.8) is 0 Å². The number of halogens is 6. The van der Waals surface area contributed by atoms with E-state index in [9.17, 15) is 35.9 Å². The van der Waals surface area contributed by atoms with Crippen molar-refractivity contribution in [2.75, 3.05) is 6.54 Å². The van der Waals surface area contributed by atoms with Crippen LogP contribution in [0.5, 0.6) is 0 Å². The van der Waals surface area contributed by atoms with Crippen molar-refractivity contribution in [2.45, 2.75) is 69.4 Å². The van der Waals surface area contributed by atoms with Crippen LogP contribution in [0.2, 0.25) is 0 Å². The summed E-state index contributed by atoms with van der Waals surface area (Å²) >= 11 is 0. The van der Waals surface area contributed by atoms with Gasteiger partial charge in [0.15, 0.2) is 6.10 Å². The molecule has 1 aliphatic heterocycles. The van der Waals surface area contributed by atoms with E-state index in [4.69, 9.17) is 4.74 Å². The van der Waals surface area contributed by atoms with Gasteiger partial charge in [-0.3, -0.25) is 9.48 Å². The molecule has 0 bridgehead atoms. The molecule has 2 aromatic heterocycles. The topological polar surface area (TPSA) is 117 Å². The number of imidazole rings is 1. The molecule has 1 saturated heterocycles. The smallest absolute Gasteiger partial charge is 0.364 e. The number of H-pyrrole nitrogens is 1. The number of fused-ring (bicyclic) bond motifs is 1. The summed E-state index contributed by atoms with van der Waals surface area (Å²) in [4.78, 5) is 34.3. The Morgan fingerprint density at radius 2 is 1.86 bits per heavy atom. The Bertz CT molecular complexity index is 1460. The van der Waals surface area contributed by atoms with E-state index in [2.05, 4.69) is 20.4 Å². The number of urea groups is 1. The van der Waals surface area contributed by atoms with Gasteiger partial charge in [0.05, 0.1) is 29.7 Å². The van der Waals surface area contributed by atoms with Crippen LogP contribution in [-0.2, 0) is 11.8 Å². The summed E-state index contributed by atoms with van der Waals surface area (Å²) in [6, 6.07) is 1.84. The summed E-state index contributed by atoms with van der Waals surface area (Å²) in [5.41, 5.74) is 1.57. The fraction of sp³-hybridized carbons (Fsp3) is 0.538. The second-order valence-electron chi connectivity index (χ2n) is 10.7.